The summed E-state index contributed by atoms with van der Waals surface area (Å²) < 4.78 is 29.9. The largest absolute Gasteiger partial charge is 0.359 e. The topological polar surface area (TPSA) is 101 Å². The van der Waals surface area contributed by atoms with E-state index in [-0.39, 0.29) is 48.9 Å². The first-order valence-electron chi connectivity index (χ1n) is 18.7. The fraction of sp³-hybridized carbons (Fsp3) is 0.711. The van der Waals surface area contributed by atoms with E-state index in [1.165, 1.54) is 18.9 Å². The maximum Gasteiger partial charge on any atom is 0.246 e. The molecule has 10 nitrogen and oxygen atoms in total. The third kappa shape index (κ3) is 6.49. The Bertz CT molecular complexity index is 1410. The number of ketones is 1. The summed E-state index contributed by atoms with van der Waals surface area (Å²) in [6, 6.07) is 9.27. The van der Waals surface area contributed by atoms with Gasteiger partial charge in [-0.25, -0.2) is 9.29 Å². The highest BCUT2D eigenvalue weighted by molar-refractivity contribution is 5.94. The van der Waals surface area contributed by atoms with Crippen molar-refractivity contribution in [3.05, 3.63) is 48.0 Å². The number of fused-ring (bicyclic) bond motifs is 2. The number of halogens is 1. The number of carbonyl (C=O) groups is 2. The molecule has 49 heavy (non-hydrogen) atoms. The molecular weight excluding hydrogens is 623 g/mol. The van der Waals surface area contributed by atoms with Crippen molar-refractivity contribution in [1.29, 1.82) is 5.26 Å². The molecule has 6 aliphatic rings. The van der Waals surface area contributed by atoms with Crippen molar-refractivity contribution in [2.24, 2.45) is 5.92 Å². The Morgan fingerprint density at radius 1 is 1.12 bits per heavy atom. The average molecular weight is 677 g/mol. The summed E-state index contributed by atoms with van der Waals surface area (Å²) in [4.78, 5) is 36.8. The van der Waals surface area contributed by atoms with E-state index in [0.717, 1.165) is 50.6 Å². The molecule has 7 rings (SSSR count). The van der Waals surface area contributed by atoms with Gasteiger partial charge in [-0.05, 0) is 69.3 Å². The molecule has 1 N–H and O–H groups in total. The highest BCUT2D eigenvalue weighted by Crippen LogP contribution is 2.50. The van der Waals surface area contributed by atoms with E-state index in [4.69, 9.17) is 9.47 Å². The molecule has 266 valence electrons. The zero-order valence-electron chi connectivity index (χ0n) is 29.0. The van der Waals surface area contributed by atoms with Crippen molar-refractivity contribution in [3.8, 4) is 6.07 Å². The summed E-state index contributed by atoms with van der Waals surface area (Å²) in [7, 11) is 2.14. The fourth-order valence-corrected chi connectivity index (χ4v) is 9.84. The number of ether oxygens (including phenoxy) is 2. The molecule has 11 heteroatoms. The minimum atomic E-state index is -1.55. The molecule has 1 spiro atoms. The molecule has 0 aromatic heterocycles. The highest BCUT2D eigenvalue weighted by atomic mass is 19.1. The summed E-state index contributed by atoms with van der Waals surface area (Å²) in [5, 5.41) is 13.5. The van der Waals surface area contributed by atoms with E-state index in [2.05, 4.69) is 39.7 Å². The number of carbonyl (C=O) groups excluding carboxylic acids is 2. The van der Waals surface area contributed by atoms with E-state index >= 15 is 4.39 Å². The van der Waals surface area contributed by atoms with E-state index < -0.39 is 24.2 Å². The van der Waals surface area contributed by atoms with Crippen LogP contribution in [0.1, 0.15) is 87.9 Å². The van der Waals surface area contributed by atoms with Gasteiger partial charge in [-0.15, -0.1) is 0 Å². The minimum absolute atomic E-state index is 0.146. The molecular formula is C38H53FN6O4. The lowest BCUT2D eigenvalue weighted by molar-refractivity contribution is -0.227. The van der Waals surface area contributed by atoms with Gasteiger partial charge < -0.3 is 19.3 Å². The number of nitrogens with zero attached hydrogens (tertiary/aromatic N) is 5. The highest BCUT2D eigenvalue weighted by Gasteiger charge is 2.62. The Labute approximate surface area is 290 Å². The number of Topliss-reactive ketones (excluding diaryl/α,β-unsaturated/α-hetero) is 1. The predicted molar refractivity (Wildman–Crippen MR) is 182 cm³/mol. The normalized spacial score (nSPS) is 36.6. The molecule has 4 aliphatic heterocycles. The maximum atomic E-state index is 16.7. The first-order valence-corrected chi connectivity index (χ1v) is 18.7. The summed E-state index contributed by atoms with van der Waals surface area (Å²) in [6.07, 6.45) is 9.14. The van der Waals surface area contributed by atoms with Crippen LogP contribution in [0.4, 0.5) is 4.39 Å². The van der Waals surface area contributed by atoms with Crippen molar-refractivity contribution < 1.29 is 23.5 Å². The molecule has 1 amide bonds. The number of rotatable bonds is 7. The lowest BCUT2D eigenvalue weighted by atomic mass is 9.67. The number of amides is 1. The lowest BCUT2D eigenvalue weighted by Crippen LogP contribution is -2.78. The Morgan fingerprint density at radius 3 is 2.65 bits per heavy atom. The molecule has 3 saturated heterocycles. The number of nitrogens with one attached hydrogen (secondary N) is 1. The summed E-state index contributed by atoms with van der Waals surface area (Å²) in [5.41, 5.74) is -0.207. The summed E-state index contributed by atoms with van der Waals surface area (Å²) in [6.45, 7) is 7.08. The molecule has 8 atom stereocenters. The van der Waals surface area contributed by atoms with Crippen molar-refractivity contribution >= 4 is 11.7 Å². The second-order valence-electron chi connectivity index (χ2n) is 15.2. The first kappa shape index (κ1) is 34.7. The quantitative estimate of drug-likeness (QED) is 0.335. The van der Waals surface area contributed by atoms with Crippen molar-refractivity contribution in [2.45, 2.75) is 126 Å². The van der Waals surface area contributed by atoms with Gasteiger partial charge in [-0.1, -0.05) is 56.5 Å². The van der Waals surface area contributed by atoms with Crippen LogP contribution in [0.3, 0.4) is 0 Å². The number of alkyl halides is 1. The van der Waals surface area contributed by atoms with E-state index in [1.807, 2.05) is 18.2 Å². The monoisotopic (exact) mass is 676 g/mol. The molecule has 0 bridgehead atoms. The predicted octanol–water partition coefficient (Wildman–Crippen LogP) is 4.27. The van der Waals surface area contributed by atoms with Gasteiger partial charge >= 0.3 is 0 Å². The standard InChI is InChI=1S/C38H53FN6O4/c1-3-32(46)44-22-21-43(23-28(44)17-19-40)36-31-16-18-38(34(39)30-15-9-8-11-26(30)24-49-38)35(47)33(31)41-37(48-25-29-14-10-20-42(29)2)45(36)27-12-6-4-5-7-13-27/h3,8-9,11,15,27-29,31,33-34,36-37,41H,1,4-7,10,12-14,16-18,20-25H2,2H3/t28?,29?,31?,33?,34?,36?,37?,38-/m0/s1. The molecule has 2 aliphatic carbocycles. The van der Waals surface area contributed by atoms with E-state index in [1.54, 1.807) is 11.0 Å². The van der Waals surface area contributed by atoms with Crippen LogP contribution < -0.4 is 5.32 Å². The number of likely N-dealkylation sites (tertiary alicyclic amines) is 1. The van der Waals surface area contributed by atoms with Crippen molar-refractivity contribution in [3.63, 3.8) is 0 Å². The number of piperazine rings is 1. The molecule has 2 saturated carbocycles. The Kier molecular flexibility index (Phi) is 10.5. The molecule has 1 aromatic carbocycles. The van der Waals surface area contributed by atoms with E-state index in [9.17, 15) is 14.9 Å². The molecule has 0 radical (unpaired) electrons. The average Bonchev–Trinajstić information content (AvgIpc) is 3.35. The Balaban J connectivity index is 1.26. The van der Waals surface area contributed by atoms with Crippen LogP contribution in [0.2, 0.25) is 0 Å². The van der Waals surface area contributed by atoms with Crippen molar-refractivity contribution in [1.82, 2.24) is 24.9 Å². The molecule has 4 heterocycles. The van der Waals surface area contributed by atoms with Crippen LogP contribution >= 0.6 is 0 Å². The number of benzene rings is 1. The third-order valence-corrected chi connectivity index (χ3v) is 12.5. The Morgan fingerprint density at radius 2 is 1.92 bits per heavy atom. The van der Waals surface area contributed by atoms with Crippen LogP contribution in [-0.2, 0) is 25.7 Å². The third-order valence-electron chi connectivity index (χ3n) is 12.5. The van der Waals surface area contributed by atoms with Gasteiger partial charge in [0, 0.05) is 37.6 Å². The van der Waals surface area contributed by atoms with Crippen LogP contribution in [0.5, 0.6) is 0 Å². The number of likely N-dealkylation sites (N-methyl/N-ethyl adjacent to an activating group) is 1. The zero-order valence-corrected chi connectivity index (χ0v) is 29.0. The van der Waals surface area contributed by atoms with Crippen LogP contribution in [0.15, 0.2) is 36.9 Å². The maximum absolute atomic E-state index is 16.7. The second kappa shape index (κ2) is 14.9. The van der Waals surface area contributed by atoms with Crippen LogP contribution in [-0.4, -0.2) is 113 Å². The minimum Gasteiger partial charge on any atom is -0.359 e. The molecule has 7 unspecified atom stereocenters. The number of hydrogen-bond acceptors (Lipinski definition) is 9. The number of hydrogen-bond donors (Lipinski definition) is 1. The smallest absolute Gasteiger partial charge is 0.246 e. The van der Waals surface area contributed by atoms with Gasteiger partial charge in [0.25, 0.3) is 0 Å². The van der Waals surface area contributed by atoms with Crippen LogP contribution in [0.25, 0.3) is 0 Å². The molecule has 5 fully saturated rings. The number of nitriles is 1. The van der Waals surface area contributed by atoms with Crippen molar-refractivity contribution in [2.75, 3.05) is 39.8 Å². The van der Waals surface area contributed by atoms with Gasteiger partial charge in [0.1, 0.15) is 0 Å². The van der Waals surface area contributed by atoms with Crippen LogP contribution in [0, 0.1) is 17.2 Å². The van der Waals surface area contributed by atoms with Gasteiger partial charge in [-0.2, -0.15) is 5.26 Å². The zero-order chi connectivity index (χ0) is 34.1. The van der Waals surface area contributed by atoms with Gasteiger partial charge in [0.2, 0.25) is 5.91 Å². The SMILES string of the molecule is C=CC(=O)N1CCN(C2C3CC[C@@]4(OCc5ccccc5C4F)C(=O)C3NC(OCC3CCCN3C)N2C2CCCCCC2)CC1CC#N. The second-order valence-corrected chi connectivity index (χ2v) is 15.2. The fourth-order valence-electron chi connectivity index (χ4n) is 9.84. The first-order chi connectivity index (χ1) is 23.9. The summed E-state index contributed by atoms with van der Waals surface area (Å²) >= 11 is 0. The van der Waals surface area contributed by atoms with E-state index in [0.29, 0.717) is 50.7 Å². The van der Waals surface area contributed by atoms with Gasteiger partial charge in [-0.3, -0.25) is 19.8 Å². The van der Waals surface area contributed by atoms with Gasteiger partial charge in [0.05, 0.1) is 44.0 Å². The molecule has 1 aromatic rings. The Hall–Kier alpha value is -2.72. The van der Waals surface area contributed by atoms with Gasteiger partial charge in [0.15, 0.2) is 23.9 Å². The summed E-state index contributed by atoms with van der Waals surface area (Å²) in [5.74, 6) is -0.534. The lowest BCUT2D eigenvalue weighted by Gasteiger charge is -2.60.